The van der Waals surface area contributed by atoms with Crippen molar-refractivity contribution < 1.29 is 37.3 Å². The summed E-state index contributed by atoms with van der Waals surface area (Å²) in [6.07, 6.45) is 3.92. The van der Waals surface area contributed by atoms with Gasteiger partial charge in [-0.25, -0.2) is 16.8 Å². The van der Waals surface area contributed by atoms with E-state index < -0.39 is 20.0 Å². The summed E-state index contributed by atoms with van der Waals surface area (Å²) in [6.45, 7) is 4.16. The van der Waals surface area contributed by atoms with Gasteiger partial charge in [-0.2, -0.15) is 0 Å². The number of anilines is 2. The van der Waals surface area contributed by atoms with Crippen LogP contribution in [-0.4, -0.2) is 16.8 Å². The number of hydrogen-bond acceptors (Lipinski definition) is 6. The molecule has 0 radical (unpaired) electrons. The van der Waals surface area contributed by atoms with Crippen LogP contribution in [0.2, 0.25) is 0 Å². The first kappa shape index (κ1) is 33.8. The van der Waals surface area contributed by atoms with Crippen LogP contribution in [0.15, 0.2) is 107 Å². The number of hydrogen-bond donors (Lipinski definition) is 2. The molecule has 0 atom stereocenters. The van der Waals surface area contributed by atoms with Crippen LogP contribution in [-0.2, 0) is 53.3 Å². The summed E-state index contributed by atoms with van der Waals surface area (Å²) in [5.74, 6) is 0. The van der Waals surface area contributed by atoms with Gasteiger partial charge in [-0.3, -0.25) is 0 Å². The number of sulfonamides is 2. The van der Waals surface area contributed by atoms with Crippen molar-refractivity contribution in [3.63, 3.8) is 0 Å². The fraction of sp³-hybridized carbons (Fsp3) is 0.200. The Hall–Kier alpha value is -3.36. The predicted molar refractivity (Wildman–Crippen MR) is 163 cm³/mol. The van der Waals surface area contributed by atoms with Crippen LogP contribution in [0.5, 0.6) is 0 Å². The fourth-order valence-electron chi connectivity index (χ4n) is 3.74. The second-order valence-corrected chi connectivity index (χ2v) is 12.2. The number of rotatable bonds is 10. The minimum absolute atomic E-state index is 0. The van der Waals surface area contributed by atoms with Gasteiger partial charge in [0.2, 0.25) is 0 Å². The van der Waals surface area contributed by atoms with Gasteiger partial charge in [0.1, 0.15) is 20.0 Å². The van der Waals surface area contributed by atoms with Crippen LogP contribution in [0.4, 0.5) is 22.7 Å². The van der Waals surface area contributed by atoms with Gasteiger partial charge in [-0.05, 0) is 60.4 Å². The number of nitrogen functional groups attached to an aromatic ring is 2. The molecular formula is C30H34N4O4PdS2. The molecule has 0 saturated heterocycles. The van der Waals surface area contributed by atoms with E-state index in [0.717, 1.165) is 36.8 Å². The Balaban J connectivity index is 0.000000280. The van der Waals surface area contributed by atoms with Gasteiger partial charge in [-0.1, -0.05) is 87.4 Å². The summed E-state index contributed by atoms with van der Waals surface area (Å²) >= 11 is 0. The molecule has 4 aromatic carbocycles. The van der Waals surface area contributed by atoms with Crippen LogP contribution in [0, 0.1) is 0 Å². The van der Waals surface area contributed by atoms with Crippen molar-refractivity contribution in [2.75, 3.05) is 11.5 Å². The molecule has 0 bridgehead atoms. The Morgan fingerprint density at radius 2 is 0.854 bits per heavy atom. The van der Waals surface area contributed by atoms with E-state index in [9.17, 15) is 16.8 Å². The number of para-hydroxylation sites is 2. The minimum atomic E-state index is -3.72. The van der Waals surface area contributed by atoms with E-state index in [1.54, 1.807) is 72.8 Å². The largest absolute Gasteiger partial charge is 2.00 e. The van der Waals surface area contributed by atoms with Crippen LogP contribution >= 0.6 is 0 Å². The molecule has 41 heavy (non-hydrogen) atoms. The molecule has 0 aliphatic carbocycles. The van der Waals surface area contributed by atoms with Gasteiger partial charge in [0.25, 0.3) is 0 Å². The molecule has 8 nitrogen and oxygen atoms in total. The Morgan fingerprint density at radius 3 is 1.15 bits per heavy atom. The van der Waals surface area contributed by atoms with E-state index in [1.165, 1.54) is 0 Å². The molecule has 4 N–H and O–H groups in total. The van der Waals surface area contributed by atoms with Crippen molar-refractivity contribution in [2.24, 2.45) is 0 Å². The summed E-state index contributed by atoms with van der Waals surface area (Å²) in [6, 6.07) is 26.9. The fourth-order valence-corrected chi connectivity index (χ4v) is 5.76. The topological polar surface area (TPSA) is 149 Å². The Kier molecular flexibility index (Phi) is 12.9. The van der Waals surface area contributed by atoms with E-state index in [0.29, 0.717) is 11.4 Å². The van der Waals surface area contributed by atoms with Gasteiger partial charge >= 0.3 is 20.4 Å². The maximum Gasteiger partial charge on any atom is 2.00 e. The molecule has 0 spiro atoms. The normalized spacial score (nSPS) is 11.0. The molecule has 4 aromatic rings. The van der Waals surface area contributed by atoms with E-state index >= 15 is 0 Å². The predicted octanol–water partition coefficient (Wildman–Crippen LogP) is 7.23. The molecule has 11 heteroatoms. The smallest absolute Gasteiger partial charge is 0.571 e. The van der Waals surface area contributed by atoms with E-state index in [-0.39, 0.29) is 41.6 Å². The van der Waals surface area contributed by atoms with Crippen LogP contribution in [0.25, 0.3) is 9.44 Å². The molecule has 4 rings (SSSR count). The molecule has 0 fully saturated rings. The molecule has 220 valence electrons. The third kappa shape index (κ3) is 9.90. The summed E-state index contributed by atoms with van der Waals surface area (Å²) in [5, 5.41) is 0. The van der Waals surface area contributed by atoms with Gasteiger partial charge in [0, 0.05) is 11.4 Å². The molecule has 0 amide bonds. The minimum Gasteiger partial charge on any atom is -0.571 e. The second-order valence-electron chi connectivity index (χ2n) is 9.04. The average Bonchev–Trinajstić information content (AvgIpc) is 2.93. The Morgan fingerprint density at radius 1 is 0.537 bits per heavy atom. The van der Waals surface area contributed by atoms with Gasteiger partial charge < -0.3 is 20.9 Å². The first-order valence-corrected chi connectivity index (χ1v) is 15.8. The number of benzene rings is 4. The molecule has 0 aromatic heterocycles. The summed E-state index contributed by atoms with van der Waals surface area (Å²) < 4.78 is 56.4. The first-order chi connectivity index (χ1) is 19.1. The monoisotopic (exact) mass is 684 g/mol. The van der Waals surface area contributed by atoms with E-state index in [2.05, 4.69) is 23.3 Å². The van der Waals surface area contributed by atoms with Gasteiger partial charge in [0.05, 0.1) is 9.79 Å². The molecule has 0 saturated carbocycles. The average molecular weight is 685 g/mol. The number of nitrogens with two attached hydrogens (primary N) is 2. The maximum absolute atomic E-state index is 12.2. The molecule has 0 unspecified atom stereocenters. The van der Waals surface area contributed by atoms with Crippen molar-refractivity contribution in [2.45, 2.75) is 49.3 Å². The Bertz CT molecular complexity index is 1490. The Labute approximate surface area is 257 Å². The van der Waals surface area contributed by atoms with E-state index in [4.69, 9.17) is 11.5 Å². The molecule has 0 aliphatic rings. The van der Waals surface area contributed by atoms with Gasteiger partial charge in [-0.15, -0.1) is 11.4 Å². The van der Waals surface area contributed by atoms with Crippen molar-refractivity contribution in [3.05, 3.63) is 118 Å². The molecule has 0 heterocycles. The zero-order valence-corrected chi connectivity index (χ0v) is 26.1. The summed E-state index contributed by atoms with van der Waals surface area (Å²) in [7, 11) is -7.45. The van der Waals surface area contributed by atoms with Crippen LogP contribution in [0.1, 0.15) is 37.8 Å². The maximum atomic E-state index is 12.2. The third-order valence-electron chi connectivity index (χ3n) is 5.83. The van der Waals surface area contributed by atoms with E-state index in [1.807, 2.05) is 24.3 Å². The van der Waals surface area contributed by atoms with Crippen molar-refractivity contribution in [1.29, 1.82) is 0 Å². The first-order valence-electron chi connectivity index (χ1n) is 12.9. The SMILES string of the molecule is CCCc1ccc(S(=O)(=O)[N-]c2ccccc2N)cc1.CCCc1ccc(S(=O)(=O)[N-]c2ccccc2N)cc1.[Pd+2]. The third-order valence-corrected chi connectivity index (χ3v) is 8.44. The zero-order chi connectivity index (χ0) is 29.2. The van der Waals surface area contributed by atoms with Crippen molar-refractivity contribution >= 4 is 42.8 Å². The zero-order valence-electron chi connectivity index (χ0n) is 22.9. The van der Waals surface area contributed by atoms with Crippen LogP contribution < -0.4 is 11.5 Å². The number of aryl methyl sites for hydroxylation is 2. The number of nitrogens with zero attached hydrogens (tertiary/aromatic N) is 2. The quantitative estimate of drug-likeness (QED) is 0.133. The molecule has 0 aliphatic heterocycles. The second kappa shape index (κ2) is 15.6. The van der Waals surface area contributed by atoms with Crippen molar-refractivity contribution in [1.82, 2.24) is 0 Å². The summed E-state index contributed by atoms with van der Waals surface area (Å²) in [5.41, 5.74) is 14.9. The summed E-state index contributed by atoms with van der Waals surface area (Å²) in [4.78, 5) is 0.362. The molecular weight excluding hydrogens is 651 g/mol. The van der Waals surface area contributed by atoms with Crippen molar-refractivity contribution in [3.8, 4) is 0 Å². The van der Waals surface area contributed by atoms with Crippen LogP contribution in [0.3, 0.4) is 0 Å². The standard InChI is InChI=1S/2C15H17N2O2S.Pd/c2*1-2-5-12-8-10-13(11-9-12)20(18,19)17-15-7-4-3-6-14(15)16;/h2*3-4,6-11H,2,5,16H2,1H3;/q2*-1;+2. The van der Waals surface area contributed by atoms with Gasteiger partial charge in [0.15, 0.2) is 0 Å².